The van der Waals surface area contributed by atoms with Gasteiger partial charge in [-0.05, 0) is 49.9 Å². The maximum atomic E-state index is 13.5. The largest absolute Gasteiger partial charge is 0.363 e. The van der Waals surface area contributed by atoms with E-state index in [-0.39, 0.29) is 17.8 Å². The second kappa shape index (κ2) is 10.2. The molecule has 1 aliphatic rings. The number of H-pyrrole nitrogens is 1. The van der Waals surface area contributed by atoms with Crippen LogP contribution in [0.3, 0.4) is 0 Å². The van der Waals surface area contributed by atoms with Gasteiger partial charge in [0, 0.05) is 24.5 Å². The van der Waals surface area contributed by atoms with Gasteiger partial charge in [0.05, 0.1) is 23.5 Å². The highest BCUT2D eigenvalue weighted by Gasteiger charge is 2.34. The summed E-state index contributed by atoms with van der Waals surface area (Å²) >= 11 is 0. The number of hydrogen-bond donors (Lipinski definition) is 5. The first kappa shape index (κ1) is 25.0. The number of aromatic amines is 1. The predicted molar refractivity (Wildman–Crippen MR) is 140 cm³/mol. The lowest BCUT2D eigenvalue weighted by Gasteiger charge is -2.27. The zero-order valence-corrected chi connectivity index (χ0v) is 20.7. The number of urea groups is 1. The smallest absolute Gasteiger partial charge is 0.318 e. The van der Waals surface area contributed by atoms with Crippen LogP contribution in [-0.2, 0) is 22.6 Å². The van der Waals surface area contributed by atoms with Gasteiger partial charge in [-0.3, -0.25) is 9.59 Å². The number of carbonyl (C=O) groups excluding carboxylic acids is 3. The van der Waals surface area contributed by atoms with Crippen LogP contribution < -0.4 is 26.6 Å². The van der Waals surface area contributed by atoms with E-state index in [4.69, 9.17) is 5.73 Å². The Hall–Kier alpha value is -4.11. The number of carbonyl (C=O) groups is 3. The number of rotatable bonds is 6. The monoisotopic (exact) mass is 488 g/mol. The van der Waals surface area contributed by atoms with E-state index in [1.165, 1.54) is 0 Å². The number of para-hydroxylation sites is 1. The van der Waals surface area contributed by atoms with Crippen molar-refractivity contribution in [2.45, 2.75) is 44.8 Å². The number of benzene rings is 2. The van der Waals surface area contributed by atoms with Crippen molar-refractivity contribution in [3.05, 3.63) is 72.1 Å². The summed E-state index contributed by atoms with van der Waals surface area (Å²) in [4.78, 5) is 42.8. The topological polar surface area (TPSA) is 132 Å². The van der Waals surface area contributed by atoms with E-state index in [1.54, 1.807) is 25.8 Å². The van der Waals surface area contributed by atoms with Gasteiger partial charge in [-0.15, -0.1) is 0 Å². The Morgan fingerprint density at radius 2 is 1.83 bits per heavy atom. The molecular weight excluding hydrogens is 456 g/mol. The molecule has 0 aliphatic carbocycles. The number of nitrogens with zero attached hydrogens (tertiary/aromatic N) is 1. The van der Waals surface area contributed by atoms with Crippen LogP contribution in [0.1, 0.15) is 31.5 Å². The second-order valence-electron chi connectivity index (χ2n) is 9.50. The quantitative estimate of drug-likeness (QED) is 0.365. The molecule has 0 bridgehead atoms. The third kappa shape index (κ3) is 5.41. The SMILES string of the molecule is CNC(=O)Nc1ccccc1-c1ccc(CN2C(=O)[C@H](NC(=O)C(C)(C)N)CCc3[nH]ccc32)cc1. The summed E-state index contributed by atoms with van der Waals surface area (Å²) in [5.74, 6) is -0.533. The summed E-state index contributed by atoms with van der Waals surface area (Å²) in [5.41, 5.74) is 10.1. The average molecular weight is 489 g/mol. The molecule has 9 heteroatoms. The molecule has 0 saturated carbocycles. The predicted octanol–water partition coefficient (Wildman–Crippen LogP) is 3.13. The first-order valence-corrected chi connectivity index (χ1v) is 11.9. The Balaban J connectivity index is 1.57. The average Bonchev–Trinajstić information content (AvgIpc) is 3.28. The molecule has 4 rings (SSSR count). The number of nitrogens with one attached hydrogen (secondary N) is 4. The molecular formula is C27H32N6O3. The maximum Gasteiger partial charge on any atom is 0.318 e. The lowest BCUT2D eigenvalue weighted by molar-refractivity contribution is -0.130. The summed E-state index contributed by atoms with van der Waals surface area (Å²) in [6, 6.07) is 16.4. The standard InChI is InChI=1S/C27H32N6O3/c1-27(2,28)25(35)31-22-13-12-21-23(14-15-30-21)33(24(22)34)16-17-8-10-18(11-9-17)19-6-4-5-7-20(19)32-26(36)29-3/h4-11,14-15,22,30H,12-13,16,28H2,1-3H3,(H,31,35)(H2,29,32,36)/t22-/m1/s1. The van der Waals surface area contributed by atoms with E-state index >= 15 is 0 Å². The fourth-order valence-corrected chi connectivity index (χ4v) is 4.21. The van der Waals surface area contributed by atoms with Crippen molar-refractivity contribution in [2.24, 2.45) is 5.73 Å². The molecule has 0 spiro atoms. The minimum absolute atomic E-state index is 0.171. The van der Waals surface area contributed by atoms with Crippen LogP contribution in [0.25, 0.3) is 11.1 Å². The van der Waals surface area contributed by atoms with Crippen molar-refractivity contribution in [3.8, 4) is 11.1 Å². The maximum absolute atomic E-state index is 13.5. The molecule has 9 nitrogen and oxygen atoms in total. The van der Waals surface area contributed by atoms with Crippen LogP contribution in [-0.4, -0.2) is 41.5 Å². The summed E-state index contributed by atoms with van der Waals surface area (Å²) in [6.45, 7) is 3.59. The van der Waals surface area contributed by atoms with E-state index in [9.17, 15) is 14.4 Å². The van der Waals surface area contributed by atoms with E-state index in [0.717, 1.165) is 28.1 Å². The first-order valence-electron chi connectivity index (χ1n) is 11.9. The normalized spacial score (nSPS) is 15.6. The zero-order chi connectivity index (χ0) is 25.9. The van der Waals surface area contributed by atoms with Gasteiger partial charge in [0.1, 0.15) is 6.04 Å². The van der Waals surface area contributed by atoms with Gasteiger partial charge < -0.3 is 31.6 Å². The van der Waals surface area contributed by atoms with E-state index < -0.39 is 11.6 Å². The van der Waals surface area contributed by atoms with Crippen molar-refractivity contribution in [2.75, 3.05) is 17.3 Å². The second-order valence-corrected chi connectivity index (χ2v) is 9.50. The molecule has 1 aliphatic heterocycles. The van der Waals surface area contributed by atoms with Crippen LogP contribution in [0.15, 0.2) is 60.8 Å². The molecule has 0 unspecified atom stereocenters. The molecule has 0 radical (unpaired) electrons. The first-order chi connectivity index (χ1) is 17.2. The van der Waals surface area contributed by atoms with Crippen molar-refractivity contribution in [1.82, 2.24) is 15.6 Å². The molecule has 0 saturated heterocycles. The lowest BCUT2D eigenvalue weighted by atomic mass is 10.0. The van der Waals surface area contributed by atoms with E-state index in [0.29, 0.717) is 25.1 Å². The van der Waals surface area contributed by atoms with Crippen LogP contribution in [0, 0.1) is 0 Å². The summed E-state index contributed by atoms with van der Waals surface area (Å²) in [7, 11) is 1.57. The van der Waals surface area contributed by atoms with Gasteiger partial charge in [0.2, 0.25) is 11.8 Å². The van der Waals surface area contributed by atoms with Crippen LogP contribution in [0.2, 0.25) is 0 Å². The number of hydrogen-bond acceptors (Lipinski definition) is 4. The highest BCUT2D eigenvalue weighted by molar-refractivity contribution is 6.01. The molecule has 1 aromatic heterocycles. The third-order valence-electron chi connectivity index (χ3n) is 6.24. The van der Waals surface area contributed by atoms with Gasteiger partial charge in [0.15, 0.2) is 0 Å². The number of anilines is 2. The Morgan fingerprint density at radius 1 is 1.11 bits per heavy atom. The Bertz CT molecular complexity index is 1260. The number of nitrogens with two attached hydrogens (primary N) is 1. The molecule has 1 atom stereocenters. The van der Waals surface area contributed by atoms with Crippen LogP contribution >= 0.6 is 0 Å². The van der Waals surface area contributed by atoms with Gasteiger partial charge in [-0.25, -0.2) is 4.79 Å². The molecule has 188 valence electrons. The Labute approximate surface area is 210 Å². The molecule has 36 heavy (non-hydrogen) atoms. The van der Waals surface area contributed by atoms with Crippen LogP contribution in [0.5, 0.6) is 0 Å². The summed E-state index contributed by atoms with van der Waals surface area (Å²) in [6.07, 6.45) is 2.94. The number of aromatic nitrogens is 1. The summed E-state index contributed by atoms with van der Waals surface area (Å²) in [5, 5.41) is 8.24. The van der Waals surface area contributed by atoms with Crippen molar-refractivity contribution in [3.63, 3.8) is 0 Å². The molecule has 0 fully saturated rings. The number of amides is 4. The zero-order valence-electron chi connectivity index (χ0n) is 20.7. The Kier molecular flexibility index (Phi) is 7.12. The van der Waals surface area contributed by atoms with Gasteiger partial charge in [0.25, 0.3) is 0 Å². The lowest BCUT2D eigenvalue weighted by Crippen LogP contribution is -2.56. The third-order valence-corrected chi connectivity index (χ3v) is 6.24. The molecule has 6 N–H and O–H groups in total. The molecule has 3 aromatic rings. The van der Waals surface area contributed by atoms with Crippen molar-refractivity contribution in [1.29, 1.82) is 0 Å². The fraction of sp³-hybridized carbons (Fsp3) is 0.296. The fourth-order valence-electron chi connectivity index (χ4n) is 4.21. The molecule has 2 heterocycles. The van der Waals surface area contributed by atoms with Gasteiger partial charge in [-0.1, -0.05) is 42.5 Å². The minimum atomic E-state index is -1.08. The number of aryl methyl sites for hydroxylation is 1. The number of fused-ring (bicyclic) bond motifs is 1. The summed E-state index contributed by atoms with van der Waals surface area (Å²) < 4.78 is 0. The van der Waals surface area contributed by atoms with Gasteiger partial charge in [-0.2, -0.15) is 0 Å². The van der Waals surface area contributed by atoms with Crippen molar-refractivity contribution >= 4 is 29.2 Å². The van der Waals surface area contributed by atoms with Crippen LogP contribution in [0.4, 0.5) is 16.2 Å². The van der Waals surface area contributed by atoms with Crippen molar-refractivity contribution < 1.29 is 14.4 Å². The van der Waals surface area contributed by atoms with E-state index in [1.807, 2.05) is 60.8 Å². The highest BCUT2D eigenvalue weighted by Crippen LogP contribution is 2.30. The molecule has 2 aromatic carbocycles. The molecule has 4 amide bonds. The van der Waals surface area contributed by atoms with E-state index in [2.05, 4.69) is 20.9 Å². The Morgan fingerprint density at radius 3 is 2.53 bits per heavy atom. The highest BCUT2D eigenvalue weighted by atomic mass is 16.2. The van der Waals surface area contributed by atoms with Gasteiger partial charge >= 0.3 is 6.03 Å². The minimum Gasteiger partial charge on any atom is -0.363 e.